The van der Waals surface area contributed by atoms with Crippen molar-refractivity contribution in [1.29, 1.82) is 0 Å². The van der Waals surface area contributed by atoms with E-state index in [1.54, 1.807) is 7.11 Å². The van der Waals surface area contributed by atoms with Gasteiger partial charge in [0.25, 0.3) is 0 Å². The Balaban J connectivity index is 2.31. The van der Waals surface area contributed by atoms with Crippen molar-refractivity contribution >= 4 is 5.91 Å². The molecule has 1 fully saturated rings. The van der Waals surface area contributed by atoms with E-state index in [-0.39, 0.29) is 17.9 Å². The predicted octanol–water partition coefficient (Wildman–Crippen LogP) is 0.223. The van der Waals surface area contributed by atoms with Crippen LogP contribution in [-0.2, 0) is 16.6 Å². The minimum atomic E-state index is 0.0290. The van der Waals surface area contributed by atoms with Crippen LogP contribution in [0.4, 0.5) is 0 Å². The molecule has 1 amide bonds. The van der Waals surface area contributed by atoms with E-state index in [1.165, 1.54) is 0 Å². The van der Waals surface area contributed by atoms with Crippen molar-refractivity contribution in [3.8, 4) is 0 Å². The average Bonchev–Trinajstić information content (AvgIpc) is 2.88. The molecule has 2 heterocycles. The van der Waals surface area contributed by atoms with E-state index in [2.05, 4.69) is 5.10 Å². The number of nitrogens with zero attached hydrogens (tertiary/aromatic N) is 3. The summed E-state index contributed by atoms with van der Waals surface area (Å²) in [7, 11) is 3.55. The predicted molar refractivity (Wildman–Crippen MR) is 71.4 cm³/mol. The first-order chi connectivity index (χ1) is 9.10. The molecule has 6 nitrogen and oxygen atoms in total. The Kier molecular flexibility index (Phi) is 4.21. The Morgan fingerprint density at radius 2 is 2.32 bits per heavy atom. The summed E-state index contributed by atoms with van der Waals surface area (Å²) in [5.41, 5.74) is 8.02. The van der Waals surface area contributed by atoms with Gasteiger partial charge in [0.2, 0.25) is 5.91 Å². The van der Waals surface area contributed by atoms with Gasteiger partial charge in [-0.25, -0.2) is 0 Å². The average molecular weight is 266 g/mol. The van der Waals surface area contributed by atoms with Gasteiger partial charge in [0, 0.05) is 44.3 Å². The fourth-order valence-corrected chi connectivity index (χ4v) is 2.76. The molecule has 0 radical (unpaired) electrons. The van der Waals surface area contributed by atoms with Gasteiger partial charge in [-0.15, -0.1) is 0 Å². The van der Waals surface area contributed by atoms with Gasteiger partial charge in [-0.1, -0.05) is 0 Å². The lowest BCUT2D eigenvalue weighted by Crippen LogP contribution is -2.33. The largest absolute Gasteiger partial charge is 0.383 e. The van der Waals surface area contributed by atoms with Crippen molar-refractivity contribution in [1.82, 2.24) is 14.7 Å². The summed E-state index contributed by atoms with van der Waals surface area (Å²) in [6.45, 7) is 3.67. The van der Waals surface area contributed by atoms with Crippen LogP contribution < -0.4 is 5.73 Å². The van der Waals surface area contributed by atoms with Crippen molar-refractivity contribution in [2.45, 2.75) is 19.4 Å². The summed E-state index contributed by atoms with van der Waals surface area (Å²) in [5.74, 6) is 0.313. The number of carbonyl (C=O) groups excluding carboxylic acids is 1. The number of ether oxygens (including phenoxy) is 1. The van der Waals surface area contributed by atoms with E-state index in [1.807, 2.05) is 29.7 Å². The zero-order chi connectivity index (χ0) is 14.0. The Morgan fingerprint density at radius 3 is 2.84 bits per heavy atom. The summed E-state index contributed by atoms with van der Waals surface area (Å²) in [5, 5.41) is 4.28. The van der Waals surface area contributed by atoms with Crippen LogP contribution >= 0.6 is 0 Å². The second-order valence-electron chi connectivity index (χ2n) is 5.03. The van der Waals surface area contributed by atoms with Gasteiger partial charge < -0.3 is 15.4 Å². The Bertz CT molecular complexity index is 457. The Labute approximate surface area is 113 Å². The van der Waals surface area contributed by atoms with Crippen LogP contribution in [0, 0.1) is 12.8 Å². The molecule has 1 aromatic heterocycles. The second kappa shape index (κ2) is 5.71. The first-order valence-electron chi connectivity index (χ1n) is 6.57. The van der Waals surface area contributed by atoms with Crippen molar-refractivity contribution in [3.05, 3.63) is 17.5 Å². The summed E-state index contributed by atoms with van der Waals surface area (Å²) >= 11 is 0. The normalized spacial score (nSPS) is 23.4. The lowest BCUT2D eigenvalue weighted by atomic mass is 9.94. The van der Waals surface area contributed by atoms with Crippen LogP contribution in [0.15, 0.2) is 6.20 Å². The number of carbonyl (C=O) groups is 1. The Hall–Kier alpha value is -1.40. The van der Waals surface area contributed by atoms with Crippen LogP contribution in [-0.4, -0.2) is 47.4 Å². The molecular formula is C13H22N4O2. The molecule has 2 unspecified atom stereocenters. The maximum absolute atomic E-state index is 12.1. The molecule has 0 bridgehead atoms. The quantitative estimate of drug-likeness (QED) is 0.827. The molecule has 0 saturated carbocycles. The van der Waals surface area contributed by atoms with Crippen LogP contribution in [0.3, 0.4) is 0 Å². The smallest absolute Gasteiger partial charge is 0.223 e. The fraction of sp³-hybridized carbons (Fsp3) is 0.692. The number of nitrogens with two attached hydrogens (primary N) is 1. The monoisotopic (exact) mass is 266 g/mol. The van der Waals surface area contributed by atoms with Crippen molar-refractivity contribution in [2.24, 2.45) is 18.7 Å². The molecule has 6 heteroatoms. The number of aromatic nitrogens is 2. The number of aryl methyl sites for hydroxylation is 1. The van der Waals surface area contributed by atoms with E-state index >= 15 is 0 Å². The fourth-order valence-electron chi connectivity index (χ4n) is 2.76. The number of hydrogen-bond acceptors (Lipinski definition) is 4. The highest BCUT2D eigenvalue weighted by Crippen LogP contribution is 2.38. The highest BCUT2D eigenvalue weighted by molar-refractivity contribution is 5.79. The van der Waals surface area contributed by atoms with Gasteiger partial charge >= 0.3 is 0 Å². The van der Waals surface area contributed by atoms with Crippen LogP contribution in [0.2, 0.25) is 0 Å². The molecule has 1 aromatic rings. The molecule has 0 spiro atoms. The highest BCUT2D eigenvalue weighted by atomic mass is 16.5. The SMILES string of the molecule is COCCN1C(=O)CC(CN)C1c1cnn(C)c1C. The van der Waals surface area contributed by atoms with Crippen molar-refractivity contribution in [2.75, 3.05) is 26.8 Å². The molecule has 19 heavy (non-hydrogen) atoms. The van der Waals surface area contributed by atoms with Gasteiger partial charge in [0.05, 0.1) is 18.8 Å². The summed E-state index contributed by atoms with van der Waals surface area (Å²) in [4.78, 5) is 14.0. The molecule has 2 atom stereocenters. The topological polar surface area (TPSA) is 73.4 Å². The molecule has 1 aliphatic rings. The molecular weight excluding hydrogens is 244 g/mol. The minimum Gasteiger partial charge on any atom is -0.383 e. The standard InChI is InChI=1S/C13H22N4O2/c1-9-11(8-15-16(9)2)13-10(7-14)6-12(18)17(13)4-5-19-3/h8,10,13H,4-7,14H2,1-3H3. The van der Waals surface area contributed by atoms with Crippen molar-refractivity contribution in [3.63, 3.8) is 0 Å². The van der Waals surface area contributed by atoms with Crippen LogP contribution in [0.25, 0.3) is 0 Å². The molecule has 0 aliphatic carbocycles. The maximum Gasteiger partial charge on any atom is 0.223 e. The summed E-state index contributed by atoms with van der Waals surface area (Å²) in [6.07, 6.45) is 2.36. The zero-order valence-electron chi connectivity index (χ0n) is 11.8. The number of amides is 1. The third-order valence-electron chi connectivity index (χ3n) is 3.97. The lowest BCUT2D eigenvalue weighted by Gasteiger charge is -2.27. The van der Waals surface area contributed by atoms with Crippen LogP contribution in [0.1, 0.15) is 23.7 Å². The molecule has 2 rings (SSSR count). The van der Waals surface area contributed by atoms with E-state index in [9.17, 15) is 4.79 Å². The van der Waals surface area contributed by atoms with Gasteiger partial charge in [-0.3, -0.25) is 9.48 Å². The Morgan fingerprint density at radius 1 is 1.58 bits per heavy atom. The molecule has 106 valence electrons. The maximum atomic E-state index is 12.1. The number of rotatable bonds is 5. The number of likely N-dealkylation sites (tertiary alicyclic amines) is 1. The number of hydrogen-bond donors (Lipinski definition) is 1. The first-order valence-corrected chi connectivity index (χ1v) is 6.57. The van der Waals surface area contributed by atoms with Crippen LogP contribution in [0.5, 0.6) is 0 Å². The third kappa shape index (κ3) is 2.50. The second-order valence-corrected chi connectivity index (χ2v) is 5.03. The van der Waals surface area contributed by atoms with E-state index < -0.39 is 0 Å². The summed E-state index contributed by atoms with van der Waals surface area (Å²) < 4.78 is 6.93. The van der Waals surface area contributed by atoms with Gasteiger partial charge in [-0.2, -0.15) is 5.10 Å². The molecule has 0 aromatic carbocycles. The minimum absolute atomic E-state index is 0.0290. The van der Waals surface area contributed by atoms with Crippen molar-refractivity contribution < 1.29 is 9.53 Å². The van der Waals surface area contributed by atoms with Gasteiger partial charge in [0.1, 0.15) is 0 Å². The van der Waals surface area contributed by atoms with E-state index in [4.69, 9.17) is 10.5 Å². The number of methoxy groups -OCH3 is 1. The molecule has 1 aliphatic heterocycles. The molecule has 2 N–H and O–H groups in total. The van der Waals surface area contributed by atoms with Gasteiger partial charge in [-0.05, 0) is 13.5 Å². The van der Waals surface area contributed by atoms with E-state index in [0.717, 1.165) is 11.3 Å². The first kappa shape index (κ1) is 14.0. The molecule has 1 saturated heterocycles. The lowest BCUT2D eigenvalue weighted by molar-refractivity contribution is -0.129. The highest BCUT2D eigenvalue weighted by Gasteiger charge is 2.40. The van der Waals surface area contributed by atoms with Gasteiger partial charge in [0.15, 0.2) is 0 Å². The third-order valence-corrected chi connectivity index (χ3v) is 3.97. The zero-order valence-corrected chi connectivity index (χ0v) is 11.8. The summed E-state index contributed by atoms with van der Waals surface area (Å²) in [6, 6.07) is 0.0290. The van der Waals surface area contributed by atoms with E-state index in [0.29, 0.717) is 26.1 Å².